The summed E-state index contributed by atoms with van der Waals surface area (Å²) in [6, 6.07) is 56.7. The first kappa shape index (κ1) is 24.0. The summed E-state index contributed by atoms with van der Waals surface area (Å²) in [7, 11) is 0. The molecule has 0 aliphatic heterocycles. The molecule has 0 saturated carbocycles. The van der Waals surface area contributed by atoms with Crippen molar-refractivity contribution in [2.24, 2.45) is 0 Å². The molecule has 0 unspecified atom stereocenters. The van der Waals surface area contributed by atoms with E-state index in [1.165, 1.54) is 60.1 Å². The standard InChI is InChI=1S/C42H26O/c1-2-12-28(13-3-1)41-34-16-6-8-18-36(34)42(37-19-9-7-17-35(37)41)30-22-24-39-38(25-30)33-23-21-29(26-40(33)43-39)32-20-10-14-27-11-4-5-15-31(27)32/h1-26H. The van der Waals surface area contributed by atoms with E-state index in [4.69, 9.17) is 4.42 Å². The van der Waals surface area contributed by atoms with E-state index in [2.05, 4.69) is 158 Å². The number of hydrogen-bond acceptors (Lipinski definition) is 1. The fraction of sp³-hybridized carbons (Fsp3) is 0. The minimum atomic E-state index is 0.906. The van der Waals surface area contributed by atoms with E-state index >= 15 is 0 Å². The van der Waals surface area contributed by atoms with Gasteiger partial charge in [0.1, 0.15) is 11.2 Å². The SMILES string of the molecule is c1ccc(-c2c3ccccc3c(-c3ccc4oc5cc(-c6cccc7ccccc67)ccc5c4c3)c3ccccc23)cc1. The van der Waals surface area contributed by atoms with Gasteiger partial charge in [-0.15, -0.1) is 0 Å². The van der Waals surface area contributed by atoms with Crippen LogP contribution in [0, 0.1) is 0 Å². The molecule has 8 aromatic carbocycles. The summed E-state index contributed by atoms with van der Waals surface area (Å²) in [6.07, 6.45) is 0. The highest BCUT2D eigenvalue weighted by molar-refractivity contribution is 6.22. The Balaban J connectivity index is 1.27. The van der Waals surface area contributed by atoms with E-state index < -0.39 is 0 Å². The van der Waals surface area contributed by atoms with Crippen LogP contribution in [0.25, 0.3) is 87.6 Å². The Labute approximate surface area is 249 Å². The van der Waals surface area contributed by atoms with Gasteiger partial charge in [0, 0.05) is 10.8 Å². The maximum atomic E-state index is 6.47. The van der Waals surface area contributed by atoms with Crippen molar-refractivity contribution >= 4 is 54.3 Å². The Morgan fingerprint density at radius 3 is 1.60 bits per heavy atom. The molecule has 43 heavy (non-hydrogen) atoms. The lowest BCUT2D eigenvalue weighted by Crippen LogP contribution is -1.90. The summed E-state index contributed by atoms with van der Waals surface area (Å²) in [6.45, 7) is 0. The number of rotatable bonds is 3. The van der Waals surface area contributed by atoms with E-state index in [1.54, 1.807) is 0 Å². The first-order valence-corrected chi connectivity index (χ1v) is 14.8. The Morgan fingerprint density at radius 2 is 0.884 bits per heavy atom. The molecule has 1 nitrogen and oxygen atoms in total. The molecule has 1 heterocycles. The van der Waals surface area contributed by atoms with Crippen molar-refractivity contribution in [3.63, 3.8) is 0 Å². The number of furan rings is 1. The van der Waals surface area contributed by atoms with Gasteiger partial charge in [-0.1, -0.05) is 133 Å². The van der Waals surface area contributed by atoms with Crippen molar-refractivity contribution in [2.45, 2.75) is 0 Å². The zero-order valence-electron chi connectivity index (χ0n) is 23.4. The third-order valence-electron chi connectivity index (χ3n) is 8.85. The fourth-order valence-electron chi connectivity index (χ4n) is 6.93. The van der Waals surface area contributed by atoms with Crippen molar-refractivity contribution < 1.29 is 4.42 Å². The highest BCUT2D eigenvalue weighted by Gasteiger charge is 2.18. The van der Waals surface area contributed by atoms with Crippen LogP contribution in [0.2, 0.25) is 0 Å². The Morgan fingerprint density at radius 1 is 0.302 bits per heavy atom. The minimum Gasteiger partial charge on any atom is -0.456 e. The van der Waals surface area contributed by atoms with Crippen molar-refractivity contribution in [1.29, 1.82) is 0 Å². The van der Waals surface area contributed by atoms with E-state index in [0.717, 1.165) is 27.5 Å². The summed E-state index contributed by atoms with van der Waals surface area (Å²) in [5, 5.41) is 9.80. The molecule has 1 aromatic heterocycles. The third kappa shape index (κ3) is 3.72. The second kappa shape index (κ2) is 9.44. The normalized spacial score (nSPS) is 11.7. The van der Waals surface area contributed by atoms with Crippen LogP contribution >= 0.6 is 0 Å². The molecule has 0 N–H and O–H groups in total. The summed E-state index contributed by atoms with van der Waals surface area (Å²) < 4.78 is 6.47. The topological polar surface area (TPSA) is 13.1 Å². The van der Waals surface area contributed by atoms with Gasteiger partial charge >= 0.3 is 0 Å². The molecule has 9 rings (SSSR count). The van der Waals surface area contributed by atoms with Crippen molar-refractivity contribution in [3.05, 3.63) is 158 Å². The molecule has 0 amide bonds. The molecule has 0 saturated heterocycles. The molecule has 0 aliphatic rings. The largest absolute Gasteiger partial charge is 0.456 e. The van der Waals surface area contributed by atoms with Crippen LogP contribution in [-0.4, -0.2) is 0 Å². The molecule has 9 aromatic rings. The van der Waals surface area contributed by atoms with Crippen molar-refractivity contribution in [3.8, 4) is 33.4 Å². The van der Waals surface area contributed by atoms with Gasteiger partial charge in [0.15, 0.2) is 0 Å². The quantitative estimate of drug-likeness (QED) is 0.201. The summed E-state index contributed by atoms with van der Waals surface area (Å²) >= 11 is 0. The van der Waals surface area contributed by atoms with Crippen LogP contribution in [0.5, 0.6) is 0 Å². The monoisotopic (exact) mass is 546 g/mol. The van der Waals surface area contributed by atoms with Crippen molar-refractivity contribution in [2.75, 3.05) is 0 Å². The van der Waals surface area contributed by atoms with Gasteiger partial charge in [0.25, 0.3) is 0 Å². The molecule has 0 atom stereocenters. The average Bonchev–Trinajstić information content (AvgIpc) is 3.44. The van der Waals surface area contributed by atoms with Gasteiger partial charge in [0.2, 0.25) is 0 Å². The maximum Gasteiger partial charge on any atom is 0.136 e. The molecule has 1 heteroatoms. The molecular weight excluding hydrogens is 520 g/mol. The fourth-order valence-corrected chi connectivity index (χ4v) is 6.93. The second-order valence-electron chi connectivity index (χ2n) is 11.3. The number of fused-ring (bicyclic) bond motifs is 6. The van der Waals surface area contributed by atoms with Crippen LogP contribution in [0.3, 0.4) is 0 Å². The van der Waals surface area contributed by atoms with Crippen LogP contribution in [0.4, 0.5) is 0 Å². The van der Waals surface area contributed by atoms with Gasteiger partial charge in [-0.25, -0.2) is 0 Å². The predicted molar refractivity (Wildman–Crippen MR) is 183 cm³/mol. The summed E-state index contributed by atoms with van der Waals surface area (Å²) in [5.74, 6) is 0. The molecule has 0 aliphatic carbocycles. The van der Waals surface area contributed by atoms with Gasteiger partial charge in [0.05, 0.1) is 0 Å². The van der Waals surface area contributed by atoms with Crippen molar-refractivity contribution in [1.82, 2.24) is 0 Å². The lowest BCUT2D eigenvalue weighted by Gasteiger charge is -2.17. The Bertz CT molecular complexity index is 2440. The second-order valence-corrected chi connectivity index (χ2v) is 11.3. The average molecular weight is 547 g/mol. The zero-order valence-corrected chi connectivity index (χ0v) is 23.4. The minimum absolute atomic E-state index is 0.906. The number of hydrogen-bond donors (Lipinski definition) is 0. The molecule has 0 spiro atoms. The first-order valence-electron chi connectivity index (χ1n) is 14.8. The van der Waals surface area contributed by atoms with Crippen LogP contribution in [0.1, 0.15) is 0 Å². The van der Waals surface area contributed by atoms with E-state index in [0.29, 0.717) is 0 Å². The van der Waals surface area contributed by atoms with Gasteiger partial charge in [-0.05, 0) is 90.0 Å². The highest BCUT2D eigenvalue weighted by Crippen LogP contribution is 2.45. The highest BCUT2D eigenvalue weighted by atomic mass is 16.3. The lowest BCUT2D eigenvalue weighted by molar-refractivity contribution is 0.669. The summed E-state index contributed by atoms with van der Waals surface area (Å²) in [5.41, 5.74) is 9.17. The van der Waals surface area contributed by atoms with Crippen LogP contribution < -0.4 is 0 Å². The smallest absolute Gasteiger partial charge is 0.136 e. The van der Waals surface area contributed by atoms with E-state index in [1.807, 2.05) is 0 Å². The Kier molecular flexibility index (Phi) is 5.27. The van der Waals surface area contributed by atoms with Crippen LogP contribution in [0.15, 0.2) is 162 Å². The molecule has 0 bridgehead atoms. The maximum absolute atomic E-state index is 6.47. The third-order valence-corrected chi connectivity index (χ3v) is 8.85. The first-order chi connectivity index (χ1) is 21.3. The van der Waals surface area contributed by atoms with E-state index in [9.17, 15) is 0 Å². The number of benzene rings is 8. The Hall–Kier alpha value is -5.66. The van der Waals surface area contributed by atoms with Gasteiger partial charge in [-0.3, -0.25) is 0 Å². The summed E-state index contributed by atoms with van der Waals surface area (Å²) in [4.78, 5) is 0. The molecular formula is C42H26O. The molecule has 200 valence electrons. The lowest BCUT2D eigenvalue weighted by atomic mass is 9.86. The molecule has 0 radical (unpaired) electrons. The predicted octanol–water partition coefficient (Wildman–Crippen LogP) is 12.0. The van der Waals surface area contributed by atoms with Gasteiger partial charge < -0.3 is 4.42 Å². The van der Waals surface area contributed by atoms with Crippen LogP contribution in [-0.2, 0) is 0 Å². The van der Waals surface area contributed by atoms with Gasteiger partial charge in [-0.2, -0.15) is 0 Å². The van der Waals surface area contributed by atoms with E-state index in [-0.39, 0.29) is 0 Å². The molecule has 0 fully saturated rings. The zero-order chi connectivity index (χ0) is 28.3.